The molecule has 0 radical (unpaired) electrons. The second kappa shape index (κ2) is 7.82. The van der Waals surface area contributed by atoms with Gasteiger partial charge in [0.15, 0.2) is 11.6 Å². The molecule has 4 aromatic rings. The van der Waals surface area contributed by atoms with Crippen LogP contribution in [0.4, 0.5) is 17.6 Å². The molecule has 0 fully saturated rings. The Morgan fingerprint density at radius 3 is 2.00 bits per heavy atom. The van der Waals surface area contributed by atoms with Crippen LogP contribution >= 0.6 is 0 Å². The van der Waals surface area contributed by atoms with Gasteiger partial charge in [-0.25, -0.2) is 4.39 Å². The molecule has 0 heterocycles. The zero-order chi connectivity index (χ0) is 21.3. The van der Waals surface area contributed by atoms with E-state index in [0.717, 1.165) is 28.3 Å². The maximum atomic E-state index is 14.3. The molecule has 0 aliphatic carbocycles. The molecule has 0 N–H and O–H groups in total. The Balaban J connectivity index is 1.85. The minimum atomic E-state index is -4.97. The van der Waals surface area contributed by atoms with Crippen LogP contribution < -0.4 is 4.74 Å². The third-order valence-electron chi connectivity index (χ3n) is 5.03. The molecule has 0 bridgehead atoms. The third-order valence-corrected chi connectivity index (χ3v) is 5.03. The van der Waals surface area contributed by atoms with Gasteiger partial charge in [0.1, 0.15) is 0 Å². The van der Waals surface area contributed by atoms with Gasteiger partial charge in [0.2, 0.25) is 0 Å². The summed E-state index contributed by atoms with van der Waals surface area (Å²) in [6.45, 7) is 1.83. The van der Waals surface area contributed by atoms with E-state index in [-0.39, 0.29) is 5.39 Å². The number of rotatable bonds is 4. The standard InChI is InChI=1S/C25H18F4O/c1-2-16-15-23(26)24(30-25(27,28)29)21-12-11-20(14-22(16)21)19-10-6-9-18(13-19)17-7-4-3-5-8-17/h3-15H,2H2,1H3. The number of alkyl halides is 3. The highest BCUT2D eigenvalue weighted by molar-refractivity contribution is 5.94. The van der Waals surface area contributed by atoms with Crippen LogP contribution in [-0.4, -0.2) is 6.36 Å². The summed E-state index contributed by atoms with van der Waals surface area (Å²) in [6.07, 6.45) is -4.49. The maximum absolute atomic E-state index is 14.3. The van der Waals surface area contributed by atoms with Crippen LogP contribution in [0.1, 0.15) is 12.5 Å². The van der Waals surface area contributed by atoms with Gasteiger partial charge in [-0.3, -0.25) is 0 Å². The van der Waals surface area contributed by atoms with Crippen LogP contribution in [0, 0.1) is 5.82 Å². The molecular formula is C25H18F4O. The molecule has 5 heteroatoms. The lowest BCUT2D eigenvalue weighted by atomic mass is 9.94. The average Bonchev–Trinajstić information content (AvgIpc) is 2.75. The van der Waals surface area contributed by atoms with Crippen molar-refractivity contribution >= 4 is 10.8 Å². The van der Waals surface area contributed by atoms with Crippen LogP contribution in [0.2, 0.25) is 0 Å². The van der Waals surface area contributed by atoms with Crippen LogP contribution in [0.3, 0.4) is 0 Å². The number of benzene rings is 4. The van der Waals surface area contributed by atoms with Crippen molar-refractivity contribution in [1.82, 2.24) is 0 Å². The van der Waals surface area contributed by atoms with E-state index in [2.05, 4.69) is 4.74 Å². The number of hydrogen-bond acceptors (Lipinski definition) is 1. The van der Waals surface area contributed by atoms with E-state index in [1.807, 2.05) is 61.5 Å². The van der Waals surface area contributed by atoms with Crippen molar-refractivity contribution in [2.45, 2.75) is 19.7 Å². The average molecular weight is 410 g/mol. The highest BCUT2D eigenvalue weighted by Crippen LogP contribution is 2.38. The summed E-state index contributed by atoms with van der Waals surface area (Å²) in [5, 5.41) is 0.646. The number of hydrogen-bond donors (Lipinski definition) is 0. The monoisotopic (exact) mass is 410 g/mol. The van der Waals surface area contributed by atoms with Crippen molar-refractivity contribution in [3.05, 3.63) is 90.2 Å². The molecule has 0 saturated heterocycles. The number of aryl methyl sites for hydroxylation is 1. The highest BCUT2D eigenvalue weighted by Gasteiger charge is 2.33. The van der Waals surface area contributed by atoms with Crippen molar-refractivity contribution in [1.29, 1.82) is 0 Å². The summed E-state index contributed by atoms with van der Waals surface area (Å²) >= 11 is 0. The van der Waals surface area contributed by atoms with Gasteiger partial charge in [-0.05, 0) is 63.9 Å². The fourth-order valence-corrected chi connectivity index (χ4v) is 3.63. The maximum Gasteiger partial charge on any atom is 0.573 e. The lowest BCUT2D eigenvalue weighted by Gasteiger charge is -2.16. The SMILES string of the molecule is CCc1cc(F)c(OC(F)(F)F)c2ccc(-c3cccc(-c4ccccc4)c3)cc12. The zero-order valence-corrected chi connectivity index (χ0v) is 16.1. The van der Waals surface area contributed by atoms with Gasteiger partial charge in [0.05, 0.1) is 0 Å². The minimum absolute atomic E-state index is 0.104. The Morgan fingerprint density at radius 1 is 0.700 bits per heavy atom. The van der Waals surface area contributed by atoms with Gasteiger partial charge in [-0.15, -0.1) is 13.2 Å². The van der Waals surface area contributed by atoms with Gasteiger partial charge >= 0.3 is 6.36 Å². The summed E-state index contributed by atoms with van der Waals surface area (Å²) in [5.41, 5.74) is 4.47. The zero-order valence-electron chi connectivity index (χ0n) is 16.1. The fourth-order valence-electron chi connectivity index (χ4n) is 3.63. The predicted molar refractivity (Wildman–Crippen MR) is 111 cm³/mol. The first-order chi connectivity index (χ1) is 14.4. The van der Waals surface area contributed by atoms with Gasteiger partial charge in [-0.1, -0.05) is 61.5 Å². The first-order valence-electron chi connectivity index (χ1n) is 9.52. The van der Waals surface area contributed by atoms with Crippen molar-refractivity contribution in [3.8, 4) is 28.0 Å². The van der Waals surface area contributed by atoms with Gasteiger partial charge in [-0.2, -0.15) is 0 Å². The number of ether oxygens (including phenoxy) is 1. The smallest absolute Gasteiger partial charge is 0.402 e. The highest BCUT2D eigenvalue weighted by atomic mass is 19.4. The summed E-state index contributed by atoms with van der Waals surface area (Å²) in [7, 11) is 0. The summed E-state index contributed by atoms with van der Waals surface area (Å²) in [6, 6.07) is 23.9. The normalized spacial score (nSPS) is 11.6. The molecular weight excluding hydrogens is 392 g/mol. The summed E-state index contributed by atoms with van der Waals surface area (Å²) < 4.78 is 56.7. The molecule has 0 spiro atoms. The molecule has 0 aromatic heterocycles. The topological polar surface area (TPSA) is 9.23 Å². The van der Waals surface area contributed by atoms with Crippen LogP contribution in [-0.2, 0) is 6.42 Å². The summed E-state index contributed by atoms with van der Waals surface area (Å²) in [4.78, 5) is 0. The largest absolute Gasteiger partial charge is 0.573 e. The van der Waals surface area contributed by atoms with Crippen molar-refractivity contribution in [2.24, 2.45) is 0 Å². The van der Waals surface area contributed by atoms with Crippen LogP contribution in [0.5, 0.6) is 5.75 Å². The molecule has 4 aromatic carbocycles. The van der Waals surface area contributed by atoms with E-state index in [1.165, 1.54) is 6.07 Å². The lowest BCUT2D eigenvalue weighted by Crippen LogP contribution is -2.18. The quantitative estimate of drug-likeness (QED) is 0.312. The van der Waals surface area contributed by atoms with Crippen molar-refractivity contribution < 1.29 is 22.3 Å². The predicted octanol–water partition coefficient (Wildman–Crippen LogP) is 7.77. The Hall–Kier alpha value is -3.34. The second-order valence-electron chi connectivity index (χ2n) is 6.96. The first-order valence-corrected chi connectivity index (χ1v) is 9.52. The molecule has 0 aliphatic rings. The second-order valence-corrected chi connectivity index (χ2v) is 6.96. The van der Waals surface area contributed by atoms with Gasteiger partial charge in [0.25, 0.3) is 0 Å². The molecule has 0 atom stereocenters. The Bertz CT molecular complexity index is 1200. The van der Waals surface area contributed by atoms with Gasteiger partial charge < -0.3 is 4.74 Å². The van der Waals surface area contributed by atoms with E-state index in [1.54, 1.807) is 12.1 Å². The number of halogens is 4. The molecule has 0 unspecified atom stereocenters. The van der Waals surface area contributed by atoms with E-state index in [4.69, 9.17) is 0 Å². The number of fused-ring (bicyclic) bond motifs is 1. The van der Waals surface area contributed by atoms with Crippen molar-refractivity contribution in [2.75, 3.05) is 0 Å². The molecule has 4 rings (SSSR count). The molecule has 1 nitrogen and oxygen atoms in total. The minimum Gasteiger partial charge on any atom is -0.402 e. The molecule has 152 valence electrons. The van der Waals surface area contributed by atoms with E-state index in [9.17, 15) is 17.6 Å². The Kier molecular flexibility index (Phi) is 5.20. The van der Waals surface area contributed by atoms with Crippen LogP contribution in [0.25, 0.3) is 33.0 Å². The fraction of sp³-hybridized carbons (Fsp3) is 0.120. The van der Waals surface area contributed by atoms with E-state index in [0.29, 0.717) is 17.4 Å². The molecule has 0 aliphatic heterocycles. The Morgan fingerprint density at radius 2 is 1.33 bits per heavy atom. The molecule has 0 amide bonds. The van der Waals surface area contributed by atoms with Gasteiger partial charge in [0, 0.05) is 5.39 Å². The molecule has 30 heavy (non-hydrogen) atoms. The first kappa shape index (κ1) is 20.0. The van der Waals surface area contributed by atoms with E-state index < -0.39 is 17.9 Å². The van der Waals surface area contributed by atoms with Crippen LogP contribution in [0.15, 0.2) is 78.9 Å². The summed E-state index contributed by atoms with van der Waals surface area (Å²) in [5.74, 6) is -1.81. The lowest BCUT2D eigenvalue weighted by molar-refractivity contribution is -0.275. The third kappa shape index (κ3) is 4.01. The molecule has 0 saturated carbocycles. The van der Waals surface area contributed by atoms with E-state index >= 15 is 0 Å². The Labute approximate surface area is 171 Å². The van der Waals surface area contributed by atoms with Crippen molar-refractivity contribution in [3.63, 3.8) is 0 Å².